The Morgan fingerprint density at radius 2 is 2.08 bits per heavy atom. The highest BCUT2D eigenvalue weighted by Gasteiger charge is 2.11. The number of para-hydroxylation sites is 1. The van der Waals surface area contributed by atoms with E-state index in [1.807, 2.05) is 31.3 Å². The van der Waals surface area contributed by atoms with Gasteiger partial charge in [0.15, 0.2) is 0 Å². The number of pyridine rings is 1. The minimum absolute atomic E-state index is 0.209. The van der Waals surface area contributed by atoms with Crippen molar-refractivity contribution >= 4 is 16.8 Å². The number of amides is 1. The second-order valence-electron chi connectivity index (χ2n) is 6.42. The number of hydrogen-bond donors (Lipinski definition) is 2. The Kier molecular flexibility index (Phi) is 5.14. The molecule has 2 aromatic heterocycles. The predicted molar refractivity (Wildman–Crippen MR) is 100.0 cm³/mol. The number of benzene rings is 1. The van der Waals surface area contributed by atoms with Gasteiger partial charge in [0, 0.05) is 54.5 Å². The van der Waals surface area contributed by atoms with Crippen LogP contribution in [0.4, 0.5) is 0 Å². The van der Waals surface area contributed by atoms with Crippen LogP contribution in [-0.2, 0) is 17.9 Å². The molecule has 3 rings (SSSR count). The van der Waals surface area contributed by atoms with Crippen molar-refractivity contribution < 1.29 is 4.79 Å². The van der Waals surface area contributed by atoms with Crippen LogP contribution in [0.1, 0.15) is 36.2 Å². The molecule has 5 nitrogen and oxygen atoms in total. The lowest BCUT2D eigenvalue weighted by atomic mass is 10.1. The maximum atomic E-state index is 11.1. The average Bonchev–Trinajstić information content (AvgIpc) is 2.96. The van der Waals surface area contributed by atoms with Crippen molar-refractivity contribution in [1.82, 2.24) is 14.9 Å². The maximum Gasteiger partial charge on any atom is 0.219 e. The van der Waals surface area contributed by atoms with Crippen LogP contribution in [0.3, 0.4) is 0 Å². The molecule has 3 aromatic rings. The van der Waals surface area contributed by atoms with Gasteiger partial charge < -0.3 is 15.6 Å². The Hall–Kier alpha value is -2.66. The van der Waals surface area contributed by atoms with E-state index in [9.17, 15) is 4.79 Å². The molecular formula is C20H24N4O. The van der Waals surface area contributed by atoms with Gasteiger partial charge in [-0.15, -0.1) is 0 Å². The third-order valence-corrected chi connectivity index (χ3v) is 4.50. The molecule has 0 fully saturated rings. The predicted octanol–water partition coefficient (Wildman–Crippen LogP) is 3.07. The van der Waals surface area contributed by atoms with Gasteiger partial charge in [0.05, 0.1) is 0 Å². The van der Waals surface area contributed by atoms with Crippen LogP contribution >= 0.6 is 0 Å². The van der Waals surface area contributed by atoms with Crippen LogP contribution in [0.15, 0.2) is 48.8 Å². The van der Waals surface area contributed by atoms with E-state index in [1.165, 1.54) is 16.5 Å². The number of carbonyl (C=O) groups excluding carboxylic acids is 1. The lowest BCUT2D eigenvalue weighted by Crippen LogP contribution is -2.18. The molecule has 0 aliphatic carbocycles. The zero-order valence-electron chi connectivity index (χ0n) is 14.7. The average molecular weight is 336 g/mol. The Labute approximate surface area is 147 Å². The minimum atomic E-state index is -0.280. The van der Waals surface area contributed by atoms with Gasteiger partial charge >= 0.3 is 0 Å². The molecule has 1 atom stereocenters. The lowest BCUT2D eigenvalue weighted by molar-refractivity contribution is -0.118. The van der Waals surface area contributed by atoms with E-state index < -0.39 is 0 Å². The smallest absolute Gasteiger partial charge is 0.219 e. The molecule has 130 valence electrons. The first kappa shape index (κ1) is 17.2. The highest BCUT2D eigenvalue weighted by Crippen LogP contribution is 2.22. The van der Waals surface area contributed by atoms with Crippen LogP contribution in [0.25, 0.3) is 10.9 Å². The Morgan fingerprint density at radius 1 is 1.28 bits per heavy atom. The molecule has 0 saturated carbocycles. The quantitative estimate of drug-likeness (QED) is 0.696. The van der Waals surface area contributed by atoms with E-state index in [0.29, 0.717) is 13.0 Å². The standard InChI is InChI=1S/C20H24N4O/c1-14-7-8-16(11-22-14)15(2)23-12-17-13-24(10-9-20(21)25)19-6-4-3-5-18(17)19/h3-8,11,13,15,23H,9-10,12H2,1-2H3,(H2,21,25). The number of fused-ring (bicyclic) bond motifs is 1. The number of carbonyl (C=O) groups is 1. The topological polar surface area (TPSA) is 72.9 Å². The van der Waals surface area contributed by atoms with Crippen molar-refractivity contribution in [1.29, 1.82) is 0 Å². The van der Waals surface area contributed by atoms with Gasteiger partial charge in [0.2, 0.25) is 5.91 Å². The SMILES string of the molecule is Cc1ccc(C(C)NCc2cn(CCC(N)=O)c3ccccc23)cn1. The molecule has 0 saturated heterocycles. The van der Waals surface area contributed by atoms with E-state index in [1.54, 1.807) is 0 Å². The summed E-state index contributed by atoms with van der Waals surface area (Å²) in [7, 11) is 0. The number of rotatable bonds is 7. The van der Waals surface area contributed by atoms with Crippen molar-refractivity contribution in [3.63, 3.8) is 0 Å². The fraction of sp³-hybridized carbons (Fsp3) is 0.300. The number of nitrogens with zero attached hydrogens (tertiary/aromatic N) is 2. The molecule has 2 heterocycles. The molecule has 5 heteroatoms. The second-order valence-corrected chi connectivity index (χ2v) is 6.42. The maximum absolute atomic E-state index is 11.1. The first-order valence-corrected chi connectivity index (χ1v) is 8.55. The first-order valence-electron chi connectivity index (χ1n) is 8.55. The monoisotopic (exact) mass is 336 g/mol. The molecule has 1 amide bonds. The van der Waals surface area contributed by atoms with E-state index in [2.05, 4.69) is 46.2 Å². The van der Waals surface area contributed by atoms with Gasteiger partial charge in [0.1, 0.15) is 0 Å². The first-order chi connectivity index (χ1) is 12.0. The summed E-state index contributed by atoms with van der Waals surface area (Å²) in [6.45, 7) is 5.48. The normalized spacial score (nSPS) is 12.4. The largest absolute Gasteiger partial charge is 0.370 e. The summed E-state index contributed by atoms with van der Waals surface area (Å²) in [6, 6.07) is 12.6. The third kappa shape index (κ3) is 4.06. The van der Waals surface area contributed by atoms with E-state index in [0.717, 1.165) is 17.8 Å². The molecule has 3 N–H and O–H groups in total. The van der Waals surface area contributed by atoms with Crippen LogP contribution in [0.5, 0.6) is 0 Å². The second kappa shape index (κ2) is 7.49. The van der Waals surface area contributed by atoms with Gasteiger partial charge in [-0.2, -0.15) is 0 Å². The molecule has 0 radical (unpaired) electrons. The van der Waals surface area contributed by atoms with Crippen molar-refractivity contribution in [2.45, 2.75) is 39.4 Å². The molecular weight excluding hydrogens is 312 g/mol. The van der Waals surface area contributed by atoms with Gasteiger partial charge in [0.25, 0.3) is 0 Å². The molecule has 1 unspecified atom stereocenters. The zero-order valence-corrected chi connectivity index (χ0v) is 14.7. The Morgan fingerprint density at radius 3 is 2.80 bits per heavy atom. The summed E-state index contributed by atoms with van der Waals surface area (Å²) in [5.74, 6) is -0.280. The number of nitrogens with one attached hydrogen (secondary N) is 1. The summed E-state index contributed by atoms with van der Waals surface area (Å²) in [5, 5.41) is 4.76. The highest BCUT2D eigenvalue weighted by molar-refractivity contribution is 5.84. The minimum Gasteiger partial charge on any atom is -0.370 e. The number of hydrogen-bond acceptors (Lipinski definition) is 3. The number of primary amides is 1. The van der Waals surface area contributed by atoms with Gasteiger partial charge in [-0.05, 0) is 37.1 Å². The molecule has 0 spiro atoms. The Bertz CT molecular complexity index is 867. The van der Waals surface area contributed by atoms with Crippen LogP contribution in [0.2, 0.25) is 0 Å². The summed E-state index contributed by atoms with van der Waals surface area (Å²) in [4.78, 5) is 15.5. The molecule has 0 bridgehead atoms. The van der Waals surface area contributed by atoms with Gasteiger partial charge in [-0.1, -0.05) is 24.3 Å². The van der Waals surface area contributed by atoms with E-state index in [4.69, 9.17) is 5.73 Å². The fourth-order valence-electron chi connectivity index (χ4n) is 3.00. The highest BCUT2D eigenvalue weighted by atomic mass is 16.1. The number of aryl methyl sites for hydroxylation is 2. The summed E-state index contributed by atoms with van der Waals surface area (Å²) < 4.78 is 2.11. The zero-order chi connectivity index (χ0) is 17.8. The van der Waals surface area contributed by atoms with E-state index in [-0.39, 0.29) is 11.9 Å². The summed E-state index contributed by atoms with van der Waals surface area (Å²) in [5.41, 5.74) is 9.83. The summed E-state index contributed by atoms with van der Waals surface area (Å²) >= 11 is 0. The molecule has 1 aromatic carbocycles. The van der Waals surface area contributed by atoms with Crippen molar-refractivity contribution in [3.8, 4) is 0 Å². The Balaban J connectivity index is 1.76. The van der Waals surface area contributed by atoms with E-state index >= 15 is 0 Å². The molecule has 25 heavy (non-hydrogen) atoms. The van der Waals surface area contributed by atoms with Crippen LogP contribution in [0, 0.1) is 6.92 Å². The van der Waals surface area contributed by atoms with Crippen LogP contribution < -0.4 is 11.1 Å². The van der Waals surface area contributed by atoms with Gasteiger partial charge in [-0.25, -0.2) is 0 Å². The van der Waals surface area contributed by atoms with Crippen molar-refractivity contribution in [3.05, 3.63) is 65.6 Å². The number of aromatic nitrogens is 2. The number of nitrogens with two attached hydrogens (primary N) is 1. The summed E-state index contributed by atoms with van der Waals surface area (Å²) in [6.07, 6.45) is 4.38. The molecule has 0 aliphatic rings. The van der Waals surface area contributed by atoms with Crippen molar-refractivity contribution in [2.24, 2.45) is 5.73 Å². The molecule has 0 aliphatic heterocycles. The van der Waals surface area contributed by atoms with Crippen LogP contribution in [-0.4, -0.2) is 15.5 Å². The third-order valence-electron chi connectivity index (χ3n) is 4.50. The fourth-order valence-corrected chi connectivity index (χ4v) is 3.00. The lowest BCUT2D eigenvalue weighted by Gasteiger charge is -2.13. The van der Waals surface area contributed by atoms with Gasteiger partial charge in [-0.3, -0.25) is 9.78 Å². The van der Waals surface area contributed by atoms with Crippen molar-refractivity contribution in [2.75, 3.05) is 0 Å².